The molecule has 0 saturated carbocycles. The van der Waals surface area contributed by atoms with Crippen molar-refractivity contribution in [2.24, 2.45) is 0 Å². The number of hydrogen-bond donors (Lipinski definition) is 1. The van der Waals surface area contributed by atoms with Crippen molar-refractivity contribution < 1.29 is 22.7 Å². The van der Waals surface area contributed by atoms with Crippen LogP contribution in [0.5, 0.6) is 0 Å². The minimum atomic E-state index is -3.81. The van der Waals surface area contributed by atoms with Crippen molar-refractivity contribution in [3.05, 3.63) is 71.1 Å². The van der Waals surface area contributed by atoms with E-state index in [4.69, 9.17) is 4.74 Å². The number of carbonyl (C=O) groups is 2. The van der Waals surface area contributed by atoms with Gasteiger partial charge in [-0.3, -0.25) is 4.79 Å². The second-order valence-corrected chi connectivity index (χ2v) is 9.60. The van der Waals surface area contributed by atoms with E-state index in [1.165, 1.54) is 23.5 Å². The Balaban J connectivity index is 1.85. The second kappa shape index (κ2) is 9.23. The van der Waals surface area contributed by atoms with Gasteiger partial charge in [0.05, 0.1) is 17.2 Å². The first-order chi connectivity index (χ1) is 14.3. The molecule has 0 bridgehead atoms. The minimum absolute atomic E-state index is 0.0733. The molecule has 0 saturated heterocycles. The van der Waals surface area contributed by atoms with Crippen LogP contribution in [0.25, 0.3) is 10.4 Å². The number of amides is 1. The molecular formula is C22H21NO5S2. The molecule has 0 spiro atoms. The number of aryl methyl sites for hydroxylation is 1. The Bertz CT molecular complexity index is 1150. The van der Waals surface area contributed by atoms with Gasteiger partial charge in [0.2, 0.25) is 5.91 Å². The van der Waals surface area contributed by atoms with Crippen LogP contribution in [0.15, 0.2) is 65.6 Å². The number of nitrogens with one attached hydrogen (secondary N) is 1. The van der Waals surface area contributed by atoms with Crippen molar-refractivity contribution >= 4 is 38.7 Å². The third-order valence-electron chi connectivity index (χ3n) is 4.23. The van der Waals surface area contributed by atoms with Gasteiger partial charge in [0.25, 0.3) is 0 Å². The van der Waals surface area contributed by atoms with Crippen LogP contribution < -0.4 is 5.32 Å². The third-order valence-corrected chi connectivity index (χ3v) is 7.02. The lowest BCUT2D eigenvalue weighted by atomic mass is 10.2. The first kappa shape index (κ1) is 21.7. The summed E-state index contributed by atoms with van der Waals surface area (Å²) >= 11 is 1.18. The van der Waals surface area contributed by atoms with Gasteiger partial charge in [-0.05, 0) is 37.6 Å². The number of esters is 1. The van der Waals surface area contributed by atoms with E-state index in [0.29, 0.717) is 0 Å². The van der Waals surface area contributed by atoms with Gasteiger partial charge in [0.15, 0.2) is 9.84 Å². The number of anilines is 1. The molecule has 1 heterocycles. The van der Waals surface area contributed by atoms with E-state index in [-0.39, 0.29) is 22.1 Å². The van der Waals surface area contributed by atoms with Crippen molar-refractivity contribution in [3.63, 3.8) is 0 Å². The molecule has 0 atom stereocenters. The molecule has 6 nitrogen and oxygen atoms in total. The van der Waals surface area contributed by atoms with Crippen LogP contribution >= 0.6 is 11.3 Å². The Morgan fingerprint density at radius 3 is 2.33 bits per heavy atom. The SMILES string of the molecule is CCOC(=O)c1sc(-c2ccccc2)cc1NC(=O)CS(=O)(=O)c1ccc(C)cc1. The van der Waals surface area contributed by atoms with Crippen LogP contribution in [0.3, 0.4) is 0 Å². The van der Waals surface area contributed by atoms with Gasteiger partial charge in [-0.15, -0.1) is 11.3 Å². The number of benzene rings is 2. The molecule has 0 aliphatic carbocycles. The number of rotatable bonds is 7. The molecule has 2 aromatic carbocycles. The monoisotopic (exact) mass is 443 g/mol. The lowest BCUT2D eigenvalue weighted by Crippen LogP contribution is -2.23. The fourth-order valence-electron chi connectivity index (χ4n) is 2.76. The fraction of sp³-hybridized carbons (Fsp3) is 0.182. The molecule has 30 heavy (non-hydrogen) atoms. The van der Waals surface area contributed by atoms with Crippen LogP contribution in [0.4, 0.5) is 5.69 Å². The summed E-state index contributed by atoms with van der Waals surface area (Å²) in [7, 11) is -3.81. The highest BCUT2D eigenvalue weighted by atomic mass is 32.2. The number of hydrogen-bond acceptors (Lipinski definition) is 6. The summed E-state index contributed by atoms with van der Waals surface area (Å²) in [4.78, 5) is 25.9. The zero-order chi connectivity index (χ0) is 21.7. The Morgan fingerprint density at radius 2 is 1.70 bits per heavy atom. The Labute approximate surface area is 179 Å². The van der Waals surface area contributed by atoms with Crippen molar-refractivity contribution in [3.8, 4) is 10.4 Å². The molecule has 0 radical (unpaired) electrons. The van der Waals surface area contributed by atoms with E-state index in [9.17, 15) is 18.0 Å². The van der Waals surface area contributed by atoms with Crippen LogP contribution in [-0.4, -0.2) is 32.7 Å². The molecule has 0 aliphatic heterocycles. The first-order valence-electron chi connectivity index (χ1n) is 9.26. The van der Waals surface area contributed by atoms with Crippen molar-refractivity contribution in [2.75, 3.05) is 17.7 Å². The molecule has 1 amide bonds. The fourth-order valence-corrected chi connectivity index (χ4v) is 4.91. The molecule has 1 N–H and O–H groups in total. The zero-order valence-electron chi connectivity index (χ0n) is 16.5. The molecule has 156 valence electrons. The maximum Gasteiger partial charge on any atom is 0.350 e. The minimum Gasteiger partial charge on any atom is -0.462 e. The number of ether oxygens (including phenoxy) is 1. The van der Waals surface area contributed by atoms with Gasteiger partial charge in [0.1, 0.15) is 10.6 Å². The average molecular weight is 444 g/mol. The van der Waals surface area contributed by atoms with Gasteiger partial charge in [-0.1, -0.05) is 48.0 Å². The smallest absolute Gasteiger partial charge is 0.350 e. The molecule has 8 heteroatoms. The zero-order valence-corrected chi connectivity index (χ0v) is 18.2. The van der Waals surface area contributed by atoms with Gasteiger partial charge >= 0.3 is 5.97 Å². The average Bonchev–Trinajstić information content (AvgIpc) is 3.12. The van der Waals surface area contributed by atoms with Crippen molar-refractivity contribution in [1.82, 2.24) is 0 Å². The molecule has 1 aromatic heterocycles. The summed E-state index contributed by atoms with van der Waals surface area (Å²) in [6, 6.07) is 17.3. The van der Waals surface area contributed by atoms with Crippen LogP contribution in [0, 0.1) is 6.92 Å². The molecule has 0 fully saturated rings. The third kappa shape index (κ3) is 5.14. The molecular weight excluding hydrogens is 422 g/mol. The quantitative estimate of drug-likeness (QED) is 0.550. The number of thiophene rings is 1. The molecule has 3 rings (SSSR count). The maximum atomic E-state index is 12.5. The predicted molar refractivity (Wildman–Crippen MR) is 118 cm³/mol. The van der Waals surface area contributed by atoms with E-state index < -0.39 is 27.5 Å². The number of sulfone groups is 1. The highest BCUT2D eigenvalue weighted by Crippen LogP contribution is 2.35. The Morgan fingerprint density at radius 1 is 1.03 bits per heavy atom. The van der Waals surface area contributed by atoms with E-state index >= 15 is 0 Å². The molecule has 0 unspecified atom stereocenters. The lowest BCUT2D eigenvalue weighted by molar-refractivity contribution is -0.113. The summed E-state index contributed by atoms with van der Waals surface area (Å²) in [5, 5.41) is 2.57. The van der Waals surface area contributed by atoms with E-state index in [1.807, 2.05) is 37.3 Å². The van der Waals surface area contributed by atoms with Gasteiger partial charge < -0.3 is 10.1 Å². The van der Waals surface area contributed by atoms with Gasteiger partial charge in [-0.2, -0.15) is 0 Å². The summed E-state index contributed by atoms with van der Waals surface area (Å²) < 4.78 is 30.2. The van der Waals surface area contributed by atoms with Gasteiger partial charge in [-0.25, -0.2) is 13.2 Å². The van der Waals surface area contributed by atoms with Crippen LogP contribution in [-0.2, 0) is 19.4 Å². The summed E-state index contributed by atoms with van der Waals surface area (Å²) in [5.74, 6) is -2.02. The topological polar surface area (TPSA) is 89.5 Å². The standard InChI is InChI=1S/C22H21NO5S2/c1-3-28-22(25)21-18(13-19(29-21)16-7-5-4-6-8-16)23-20(24)14-30(26,27)17-11-9-15(2)10-12-17/h4-13H,3,14H2,1-2H3,(H,23,24). The maximum absolute atomic E-state index is 12.5. The van der Waals surface area contributed by atoms with E-state index in [1.54, 1.807) is 25.1 Å². The lowest BCUT2D eigenvalue weighted by Gasteiger charge is -2.07. The van der Waals surface area contributed by atoms with Crippen molar-refractivity contribution in [2.45, 2.75) is 18.7 Å². The molecule has 3 aromatic rings. The Hall–Kier alpha value is -2.97. The van der Waals surface area contributed by atoms with Crippen LogP contribution in [0.1, 0.15) is 22.2 Å². The highest BCUT2D eigenvalue weighted by molar-refractivity contribution is 7.92. The molecule has 0 aliphatic rings. The second-order valence-electron chi connectivity index (χ2n) is 6.56. The van der Waals surface area contributed by atoms with Crippen molar-refractivity contribution in [1.29, 1.82) is 0 Å². The number of carbonyl (C=O) groups excluding carboxylic acids is 2. The highest BCUT2D eigenvalue weighted by Gasteiger charge is 2.23. The summed E-state index contributed by atoms with van der Waals surface area (Å²) in [6.45, 7) is 3.73. The Kier molecular flexibility index (Phi) is 6.69. The van der Waals surface area contributed by atoms with E-state index in [2.05, 4.69) is 5.32 Å². The summed E-state index contributed by atoms with van der Waals surface area (Å²) in [6.07, 6.45) is 0. The normalized spacial score (nSPS) is 11.1. The largest absolute Gasteiger partial charge is 0.462 e. The summed E-state index contributed by atoms with van der Waals surface area (Å²) in [5.41, 5.74) is 2.03. The van der Waals surface area contributed by atoms with Crippen LogP contribution in [0.2, 0.25) is 0 Å². The first-order valence-corrected chi connectivity index (χ1v) is 11.7. The van der Waals surface area contributed by atoms with Gasteiger partial charge in [0, 0.05) is 4.88 Å². The predicted octanol–water partition coefficient (Wildman–Crippen LogP) is 4.31. The van der Waals surface area contributed by atoms with E-state index in [0.717, 1.165) is 16.0 Å².